The first-order chi connectivity index (χ1) is 16.7. The molecule has 2 N–H and O–H groups in total. The molecular weight excluding hydrogens is 438 g/mol. The maximum absolute atomic E-state index is 13.7. The summed E-state index contributed by atoms with van der Waals surface area (Å²) in [5.74, 6) is 0.532. The Balaban J connectivity index is 1.85. The van der Waals surface area contributed by atoms with Gasteiger partial charge in [0.1, 0.15) is 11.8 Å². The second-order valence-electron chi connectivity index (χ2n) is 10.1. The van der Waals surface area contributed by atoms with Crippen LogP contribution in [0.2, 0.25) is 0 Å². The number of carbonyl (C=O) groups excluding carboxylic acids is 2. The molecule has 0 fully saturated rings. The van der Waals surface area contributed by atoms with Crippen LogP contribution in [0, 0.1) is 0 Å². The molecule has 4 rings (SSSR count). The monoisotopic (exact) mass is 473 g/mol. The second kappa shape index (κ2) is 9.98. The van der Waals surface area contributed by atoms with Crippen LogP contribution < -0.4 is 10.1 Å². The van der Waals surface area contributed by atoms with Crippen molar-refractivity contribution in [1.82, 2.24) is 15.2 Å². The van der Waals surface area contributed by atoms with Crippen LogP contribution in [0.4, 0.5) is 0 Å². The molecule has 0 bridgehead atoms. The Morgan fingerprint density at radius 2 is 1.91 bits per heavy atom. The molecule has 0 spiro atoms. The van der Waals surface area contributed by atoms with Gasteiger partial charge in [-0.3, -0.25) is 9.59 Å². The molecule has 0 saturated heterocycles. The van der Waals surface area contributed by atoms with E-state index in [1.54, 1.807) is 18.1 Å². The van der Waals surface area contributed by atoms with E-state index >= 15 is 0 Å². The fourth-order valence-corrected chi connectivity index (χ4v) is 4.77. The number of carbonyl (C=O) groups is 2. The molecule has 1 aliphatic heterocycles. The number of aromatic amines is 1. The third-order valence-electron chi connectivity index (χ3n) is 6.36. The molecule has 1 atom stereocenters. The van der Waals surface area contributed by atoms with Crippen molar-refractivity contribution >= 4 is 28.3 Å². The second-order valence-corrected chi connectivity index (χ2v) is 10.1. The summed E-state index contributed by atoms with van der Waals surface area (Å²) in [5, 5.41) is 4.15. The van der Waals surface area contributed by atoms with Gasteiger partial charge < -0.3 is 19.9 Å². The van der Waals surface area contributed by atoms with Gasteiger partial charge in [-0.2, -0.15) is 0 Å². The Kier molecular flexibility index (Phi) is 7.01. The Hall–Kier alpha value is -3.54. The first-order valence-electron chi connectivity index (χ1n) is 12.3. The van der Waals surface area contributed by atoms with E-state index in [4.69, 9.17) is 4.74 Å². The lowest BCUT2D eigenvalue weighted by atomic mass is 9.94. The van der Waals surface area contributed by atoms with Crippen LogP contribution in [0.15, 0.2) is 54.6 Å². The highest BCUT2D eigenvalue weighted by atomic mass is 16.5. The lowest BCUT2D eigenvalue weighted by Gasteiger charge is -2.34. The number of amides is 2. The van der Waals surface area contributed by atoms with E-state index in [2.05, 4.69) is 10.3 Å². The number of H-pyrrole nitrogens is 1. The molecule has 2 aromatic carbocycles. The molecular formula is C29H35N3O3. The van der Waals surface area contributed by atoms with E-state index in [1.165, 1.54) is 0 Å². The van der Waals surface area contributed by atoms with E-state index < -0.39 is 6.04 Å². The maximum atomic E-state index is 13.7. The number of benzene rings is 2. The maximum Gasteiger partial charge on any atom is 0.247 e. The largest absolute Gasteiger partial charge is 0.497 e. The minimum atomic E-state index is -0.527. The number of hydrogen-bond acceptors (Lipinski definition) is 3. The van der Waals surface area contributed by atoms with Gasteiger partial charge in [0.2, 0.25) is 11.8 Å². The van der Waals surface area contributed by atoms with Crippen LogP contribution in [-0.4, -0.2) is 46.9 Å². The normalized spacial score (nSPS) is 16.7. The number of ether oxygens (including phenoxy) is 1. The summed E-state index contributed by atoms with van der Waals surface area (Å²) in [7, 11) is 1.66. The van der Waals surface area contributed by atoms with Crippen LogP contribution in [-0.2, 0) is 16.0 Å². The Morgan fingerprint density at radius 3 is 2.57 bits per heavy atom. The SMILES string of the molecule is CCCC(C(=O)NC(C)(C)C)N1CCc2c([nH]c3ccc(OC)cc23)/C(c2ccccc2)=C\C1=O. The van der Waals surface area contributed by atoms with Gasteiger partial charge in [-0.1, -0.05) is 43.7 Å². The molecule has 1 unspecified atom stereocenters. The highest BCUT2D eigenvalue weighted by molar-refractivity contribution is 6.03. The zero-order chi connectivity index (χ0) is 25.2. The molecule has 1 aliphatic rings. The molecule has 2 heterocycles. The third-order valence-corrected chi connectivity index (χ3v) is 6.36. The van der Waals surface area contributed by atoms with Crippen LogP contribution in [0.5, 0.6) is 5.75 Å². The molecule has 184 valence electrons. The van der Waals surface area contributed by atoms with Crippen molar-refractivity contribution in [3.8, 4) is 5.75 Å². The summed E-state index contributed by atoms with van der Waals surface area (Å²) in [6, 6.07) is 15.4. The van der Waals surface area contributed by atoms with Gasteiger partial charge >= 0.3 is 0 Å². The topological polar surface area (TPSA) is 74.4 Å². The van der Waals surface area contributed by atoms with Gasteiger partial charge in [0.15, 0.2) is 0 Å². The van der Waals surface area contributed by atoms with E-state index in [0.717, 1.165) is 45.5 Å². The number of rotatable bonds is 6. The highest BCUT2D eigenvalue weighted by Gasteiger charge is 2.32. The molecule has 0 aliphatic carbocycles. The van der Waals surface area contributed by atoms with Crippen LogP contribution >= 0.6 is 0 Å². The summed E-state index contributed by atoms with van der Waals surface area (Å²) in [6.45, 7) is 8.38. The third kappa shape index (κ3) is 5.26. The molecule has 3 aromatic rings. The number of nitrogens with one attached hydrogen (secondary N) is 2. The van der Waals surface area contributed by atoms with Gasteiger partial charge in [0.25, 0.3) is 0 Å². The molecule has 0 saturated carbocycles. The minimum Gasteiger partial charge on any atom is -0.497 e. The summed E-state index contributed by atoms with van der Waals surface area (Å²) in [6.07, 6.45) is 3.72. The van der Waals surface area contributed by atoms with Crippen LogP contribution in [0.1, 0.15) is 57.4 Å². The standard InChI is InChI=1S/C29H35N3O3/c1-6-10-25(28(34)31-29(2,3)4)32-16-15-21-23-17-20(35-5)13-14-24(23)30-27(21)22(18-26(32)33)19-11-8-7-9-12-19/h7-9,11-14,17-18,25,30H,6,10,15-16H2,1-5H3,(H,31,34)/b22-18-. The molecule has 1 aromatic heterocycles. The minimum absolute atomic E-state index is 0.108. The van der Waals surface area contributed by atoms with Crippen LogP contribution in [0.25, 0.3) is 16.5 Å². The number of nitrogens with zero attached hydrogens (tertiary/aromatic N) is 1. The summed E-state index contributed by atoms with van der Waals surface area (Å²) >= 11 is 0. The summed E-state index contributed by atoms with van der Waals surface area (Å²) in [5.41, 5.74) is 4.47. The smallest absolute Gasteiger partial charge is 0.247 e. The van der Waals surface area contributed by atoms with Gasteiger partial charge in [-0.05, 0) is 62.9 Å². The Labute approximate surface area is 207 Å². The number of methoxy groups -OCH3 is 1. The van der Waals surface area contributed by atoms with Crippen LogP contribution in [0.3, 0.4) is 0 Å². The predicted molar refractivity (Wildman–Crippen MR) is 140 cm³/mol. The molecule has 6 nitrogen and oxygen atoms in total. The fraction of sp³-hybridized carbons (Fsp3) is 0.379. The van der Waals surface area contributed by atoms with Crippen molar-refractivity contribution in [3.05, 3.63) is 71.4 Å². The van der Waals surface area contributed by atoms with Gasteiger partial charge in [-0.25, -0.2) is 0 Å². The lowest BCUT2D eigenvalue weighted by molar-refractivity contribution is -0.138. The first kappa shape index (κ1) is 24.6. The zero-order valence-corrected chi connectivity index (χ0v) is 21.3. The lowest BCUT2D eigenvalue weighted by Crippen LogP contribution is -2.54. The molecule has 35 heavy (non-hydrogen) atoms. The average Bonchev–Trinajstić information content (AvgIpc) is 3.17. The number of hydrogen-bond donors (Lipinski definition) is 2. The van der Waals surface area contributed by atoms with Crippen molar-refractivity contribution in [3.63, 3.8) is 0 Å². The number of fused-ring (bicyclic) bond motifs is 3. The van der Waals surface area contributed by atoms with Crippen molar-refractivity contribution in [2.24, 2.45) is 0 Å². The van der Waals surface area contributed by atoms with E-state index in [0.29, 0.717) is 19.4 Å². The quantitative estimate of drug-likeness (QED) is 0.525. The first-order valence-corrected chi connectivity index (χ1v) is 12.3. The fourth-order valence-electron chi connectivity index (χ4n) is 4.77. The Morgan fingerprint density at radius 1 is 1.17 bits per heavy atom. The van der Waals surface area contributed by atoms with Crippen molar-refractivity contribution in [1.29, 1.82) is 0 Å². The zero-order valence-electron chi connectivity index (χ0n) is 21.3. The predicted octanol–water partition coefficient (Wildman–Crippen LogP) is 5.08. The van der Waals surface area contributed by atoms with E-state index in [-0.39, 0.29) is 17.4 Å². The molecule has 6 heteroatoms. The average molecular weight is 474 g/mol. The van der Waals surface area contributed by atoms with Gasteiger partial charge in [0.05, 0.1) is 12.8 Å². The van der Waals surface area contributed by atoms with Gasteiger partial charge in [0, 0.05) is 34.6 Å². The van der Waals surface area contributed by atoms with E-state index in [1.807, 2.05) is 76.2 Å². The van der Waals surface area contributed by atoms with Crippen molar-refractivity contribution in [2.45, 2.75) is 58.5 Å². The highest BCUT2D eigenvalue weighted by Crippen LogP contribution is 2.35. The molecule has 2 amide bonds. The van der Waals surface area contributed by atoms with Gasteiger partial charge in [-0.15, -0.1) is 0 Å². The van der Waals surface area contributed by atoms with E-state index in [9.17, 15) is 9.59 Å². The Bertz CT molecular complexity index is 1250. The van der Waals surface area contributed by atoms with Crippen molar-refractivity contribution in [2.75, 3.05) is 13.7 Å². The van der Waals surface area contributed by atoms with Crippen molar-refractivity contribution < 1.29 is 14.3 Å². The number of aromatic nitrogens is 1. The summed E-state index contributed by atoms with van der Waals surface area (Å²) < 4.78 is 5.49. The summed E-state index contributed by atoms with van der Waals surface area (Å²) in [4.78, 5) is 32.3. The molecule has 0 radical (unpaired) electrons.